The van der Waals surface area contributed by atoms with Crippen LogP contribution < -0.4 is 0 Å². The molecular weight excluding hydrogens is 318 g/mol. The number of hydrogen-bond donors (Lipinski definition) is 1. The van der Waals surface area contributed by atoms with Crippen molar-refractivity contribution in [2.75, 3.05) is 0 Å². The maximum absolute atomic E-state index is 9.76. The van der Waals surface area contributed by atoms with Crippen molar-refractivity contribution in [2.24, 2.45) is 0 Å². The third-order valence-electron chi connectivity index (χ3n) is 3.81. The second-order valence-electron chi connectivity index (χ2n) is 5.60. The van der Waals surface area contributed by atoms with Crippen molar-refractivity contribution in [3.8, 4) is 0 Å². The van der Waals surface area contributed by atoms with E-state index in [1.54, 1.807) is 18.2 Å². The summed E-state index contributed by atoms with van der Waals surface area (Å²) in [5.41, 5.74) is 3.19. The Balaban J connectivity index is 1.58. The van der Waals surface area contributed by atoms with E-state index in [9.17, 15) is 5.11 Å². The van der Waals surface area contributed by atoms with Gasteiger partial charge in [-0.15, -0.1) is 11.8 Å². The number of allylic oxidation sites excluding steroid dienone is 3. The molecule has 0 aliphatic heterocycles. The molecule has 1 heterocycles. The Morgan fingerprint density at radius 2 is 1.96 bits per heavy atom. The van der Waals surface area contributed by atoms with Gasteiger partial charge in [-0.2, -0.15) is 0 Å². The van der Waals surface area contributed by atoms with Crippen molar-refractivity contribution in [1.29, 1.82) is 0 Å². The van der Waals surface area contributed by atoms with Crippen LogP contribution in [0.25, 0.3) is 0 Å². The second kappa shape index (κ2) is 8.06. The van der Waals surface area contributed by atoms with E-state index in [-0.39, 0.29) is 0 Å². The monoisotopic (exact) mass is 338 g/mol. The SMILES string of the molecule is CC1=C(O)[CH]CC=C1OCc1cccc(CSc2ccncc2)c1. The molecule has 24 heavy (non-hydrogen) atoms. The predicted octanol–water partition coefficient (Wildman–Crippen LogP) is 5.21. The van der Waals surface area contributed by atoms with Crippen LogP contribution in [0.3, 0.4) is 0 Å². The lowest BCUT2D eigenvalue weighted by Gasteiger charge is -2.16. The molecule has 0 bridgehead atoms. The van der Waals surface area contributed by atoms with Gasteiger partial charge in [-0.05, 0) is 42.7 Å². The number of benzene rings is 1. The largest absolute Gasteiger partial charge is 0.512 e. The number of ether oxygens (including phenoxy) is 1. The Kier molecular flexibility index (Phi) is 5.59. The van der Waals surface area contributed by atoms with E-state index >= 15 is 0 Å². The van der Waals surface area contributed by atoms with Crippen LogP contribution in [0.2, 0.25) is 0 Å². The minimum Gasteiger partial charge on any atom is -0.512 e. The number of aliphatic hydroxyl groups is 1. The molecule has 0 spiro atoms. The molecule has 0 saturated heterocycles. The van der Waals surface area contributed by atoms with Crippen molar-refractivity contribution in [3.63, 3.8) is 0 Å². The fourth-order valence-corrected chi connectivity index (χ4v) is 3.28. The van der Waals surface area contributed by atoms with E-state index in [0.717, 1.165) is 22.6 Å². The molecule has 1 aromatic carbocycles. The standard InChI is InChI=1S/C20H20NO2S/c1-15-19(22)6-3-7-20(15)23-13-16-4-2-5-17(12-16)14-24-18-8-10-21-11-9-18/h2,4-12,22H,3,13-14H2,1H3. The summed E-state index contributed by atoms with van der Waals surface area (Å²) in [6.07, 6.45) is 8.12. The zero-order valence-electron chi connectivity index (χ0n) is 13.6. The van der Waals surface area contributed by atoms with Crippen molar-refractivity contribution in [3.05, 3.63) is 89.5 Å². The Labute approximate surface area is 147 Å². The van der Waals surface area contributed by atoms with E-state index in [0.29, 0.717) is 18.8 Å². The summed E-state index contributed by atoms with van der Waals surface area (Å²) in [5.74, 6) is 2.00. The van der Waals surface area contributed by atoms with E-state index < -0.39 is 0 Å². The topological polar surface area (TPSA) is 42.4 Å². The molecule has 0 amide bonds. The first-order valence-electron chi connectivity index (χ1n) is 7.89. The molecule has 0 unspecified atom stereocenters. The average Bonchev–Trinajstić information content (AvgIpc) is 2.62. The van der Waals surface area contributed by atoms with Crippen LogP contribution in [-0.2, 0) is 17.1 Å². The van der Waals surface area contributed by atoms with Crippen molar-refractivity contribution >= 4 is 11.8 Å². The van der Waals surface area contributed by atoms with E-state index in [2.05, 4.69) is 29.2 Å². The van der Waals surface area contributed by atoms with Gasteiger partial charge in [0.1, 0.15) is 18.1 Å². The highest BCUT2D eigenvalue weighted by Crippen LogP contribution is 2.25. The summed E-state index contributed by atoms with van der Waals surface area (Å²) in [5, 5.41) is 9.76. The molecular formula is C20H20NO2S. The molecule has 3 nitrogen and oxygen atoms in total. The van der Waals surface area contributed by atoms with Gasteiger partial charge in [0, 0.05) is 35.0 Å². The van der Waals surface area contributed by atoms with Gasteiger partial charge in [-0.1, -0.05) is 24.3 Å². The lowest BCUT2D eigenvalue weighted by atomic mass is 10.0. The molecule has 1 aromatic heterocycles. The van der Waals surface area contributed by atoms with Gasteiger partial charge in [0.05, 0.1) is 0 Å². The Bertz CT molecular complexity index is 753. The van der Waals surface area contributed by atoms with Gasteiger partial charge in [0.15, 0.2) is 0 Å². The minimum absolute atomic E-state index is 0.315. The predicted molar refractivity (Wildman–Crippen MR) is 97.4 cm³/mol. The van der Waals surface area contributed by atoms with E-state index in [4.69, 9.17) is 4.74 Å². The summed E-state index contributed by atoms with van der Waals surface area (Å²) in [6.45, 7) is 2.38. The molecule has 1 N–H and O–H groups in total. The van der Waals surface area contributed by atoms with Gasteiger partial charge in [-0.3, -0.25) is 4.98 Å². The molecule has 1 aliphatic rings. The normalized spacial score (nSPS) is 14.5. The number of nitrogens with zero attached hydrogens (tertiary/aromatic N) is 1. The van der Waals surface area contributed by atoms with Crippen LogP contribution in [0.4, 0.5) is 0 Å². The van der Waals surface area contributed by atoms with Gasteiger partial charge in [0.25, 0.3) is 0 Å². The highest BCUT2D eigenvalue weighted by molar-refractivity contribution is 7.98. The highest BCUT2D eigenvalue weighted by Gasteiger charge is 2.13. The van der Waals surface area contributed by atoms with Crippen LogP contribution in [-0.4, -0.2) is 10.1 Å². The van der Waals surface area contributed by atoms with E-state index in [1.807, 2.05) is 37.5 Å². The zero-order chi connectivity index (χ0) is 16.8. The number of aromatic nitrogens is 1. The summed E-state index contributed by atoms with van der Waals surface area (Å²) < 4.78 is 5.88. The third-order valence-corrected chi connectivity index (χ3v) is 4.89. The molecule has 2 aromatic rings. The van der Waals surface area contributed by atoms with Crippen molar-refractivity contribution in [1.82, 2.24) is 4.98 Å². The number of rotatable bonds is 6. The van der Waals surface area contributed by atoms with Gasteiger partial charge in [-0.25, -0.2) is 0 Å². The summed E-state index contributed by atoms with van der Waals surface area (Å²) in [7, 11) is 0. The Morgan fingerprint density at radius 3 is 2.79 bits per heavy atom. The fourth-order valence-electron chi connectivity index (χ4n) is 2.45. The molecule has 3 rings (SSSR count). The first-order chi connectivity index (χ1) is 11.7. The van der Waals surface area contributed by atoms with Crippen LogP contribution in [0, 0.1) is 6.42 Å². The van der Waals surface area contributed by atoms with Gasteiger partial charge < -0.3 is 9.84 Å². The maximum atomic E-state index is 9.76. The van der Waals surface area contributed by atoms with Crippen molar-refractivity contribution in [2.45, 2.75) is 30.6 Å². The molecule has 0 saturated carbocycles. The Morgan fingerprint density at radius 1 is 1.17 bits per heavy atom. The first kappa shape index (κ1) is 16.7. The minimum atomic E-state index is 0.315. The lowest BCUT2D eigenvalue weighted by molar-refractivity contribution is 0.201. The van der Waals surface area contributed by atoms with Gasteiger partial charge >= 0.3 is 0 Å². The number of pyridine rings is 1. The van der Waals surface area contributed by atoms with Crippen LogP contribution in [0.15, 0.2) is 76.9 Å². The summed E-state index contributed by atoms with van der Waals surface area (Å²) in [6, 6.07) is 12.5. The Hall–Kier alpha value is -2.20. The zero-order valence-corrected chi connectivity index (χ0v) is 14.4. The molecule has 0 fully saturated rings. The van der Waals surface area contributed by atoms with Gasteiger partial charge in [0.2, 0.25) is 0 Å². The second-order valence-corrected chi connectivity index (χ2v) is 6.65. The van der Waals surface area contributed by atoms with Crippen LogP contribution in [0.1, 0.15) is 24.5 Å². The first-order valence-corrected chi connectivity index (χ1v) is 8.88. The summed E-state index contributed by atoms with van der Waals surface area (Å²) >= 11 is 1.79. The number of hydrogen-bond acceptors (Lipinski definition) is 4. The third kappa shape index (κ3) is 4.42. The lowest BCUT2D eigenvalue weighted by Crippen LogP contribution is -2.03. The molecule has 0 atom stereocenters. The smallest absolute Gasteiger partial charge is 0.122 e. The molecule has 4 heteroatoms. The highest BCUT2D eigenvalue weighted by atomic mass is 32.2. The van der Waals surface area contributed by atoms with Crippen LogP contribution >= 0.6 is 11.8 Å². The molecule has 1 radical (unpaired) electrons. The number of thioether (sulfide) groups is 1. The number of aliphatic hydroxyl groups excluding tert-OH is 1. The molecule has 1 aliphatic carbocycles. The maximum Gasteiger partial charge on any atom is 0.122 e. The fraction of sp³-hybridized carbons (Fsp3) is 0.200. The van der Waals surface area contributed by atoms with E-state index in [1.165, 1.54) is 10.5 Å². The quantitative estimate of drug-likeness (QED) is 0.734. The van der Waals surface area contributed by atoms with Crippen LogP contribution in [0.5, 0.6) is 0 Å². The average molecular weight is 338 g/mol. The summed E-state index contributed by atoms with van der Waals surface area (Å²) in [4.78, 5) is 5.25. The molecule has 123 valence electrons. The van der Waals surface area contributed by atoms with Crippen molar-refractivity contribution < 1.29 is 9.84 Å².